The van der Waals surface area contributed by atoms with Crippen molar-refractivity contribution < 1.29 is 4.92 Å². The molecule has 3 nitrogen and oxygen atoms in total. The Morgan fingerprint density at radius 2 is 1.94 bits per heavy atom. The third-order valence-corrected chi connectivity index (χ3v) is 3.82. The maximum Gasteiger partial charge on any atom is 0.270 e. The zero-order chi connectivity index (χ0) is 13.9. The van der Waals surface area contributed by atoms with Gasteiger partial charge < -0.3 is 0 Å². The Hall–Kier alpha value is -0.800. The average Bonchev–Trinajstić information content (AvgIpc) is 2.25. The summed E-state index contributed by atoms with van der Waals surface area (Å²) < 4.78 is 0. The van der Waals surface area contributed by atoms with Crippen LogP contribution in [0.4, 0.5) is 5.69 Å². The second-order valence-corrected chi connectivity index (χ2v) is 5.92. The van der Waals surface area contributed by atoms with E-state index in [9.17, 15) is 10.1 Å². The standard InChI is InChI=1S/C13H17Cl2NO2/c1-8(2)12(9(3)14)6-10-4-5-11(16(17)18)7-13(10)15/h4-5,7-9,12H,6H2,1-3H3. The van der Waals surface area contributed by atoms with Crippen LogP contribution in [0.3, 0.4) is 0 Å². The molecule has 18 heavy (non-hydrogen) atoms. The fourth-order valence-electron chi connectivity index (χ4n) is 2.00. The van der Waals surface area contributed by atoms with Gasteiger partial charge in [0.05, 0.1) is 9.95 Å². The monoisotopic (exact) mass is 289 g/mol. The van der Waals surface area contributed by atoms with E-state index in [1.54, 1.807) is 6.07 Å². The van der Waals surface area contributed by atoms with Crippen LogP contribution in [0.25, 0.3) is 0 Å². The molecule has 1 aromatic carbocycles. The summed E-state index contributed by atoms with van der Waals surface area (Å²) in [4.78, 5) is 10.2. The van der Waals surface area contributed by atoms with Gasteiger partial charge in [-0.3, -0.25) is 10.1 Å². The molecule has 0 fully saturated rings. The first kappa shape index (κ1) is 15.3. The number of nitro groups is 1. The molecule has 0 radical (unpaired) electrons. The van der Waals surface area contributed by atoms with Crippen LogP contribution in [-0.2, 0) is 6.42 Å². The van der Waals surface area contributed by atoms with Crippen molar-refractivity contribution >= 4 is 28.9 Å². The van der Waals surface area contributed by atoms with Crippen molar-refractivity contribution in [2.75, 3.05) is 0 Å². The zero-order valence-electron chi connectivity index (χ0n) is 10.7. The maximum atomic E-state index is 10.6. The van der Waals surface area contributed by atoms with Crippen molar-refractivity contribution in [2.24, 2.45) is 11.8 Å². The molecule has 0 aromatic heterocycles. The van der Waals surface area contributed by atoms with Gasteiger partial charge in [0.15, 0.2) is 0 Å². The molecule has 0 aliphatic heterocycles. The van der Waals surface area contributed by atoms with E-state index in [2.05, 4.69) is 13.8 Å². The SMILES string of the molecule is CC(C)C(Cc1ccc([N+](=O)[O-])cc1Cl)C(C)Cl. The van der Waals surface area contributed by atoms with E-state index in [0.717, 1.165) is 12.0 Å². The molecule has 0 aliphatic rings. The molecule has 0 amide bonds. The van der Waals surface area contributed by atoms with Gasteiger partial charge in [-0.05, 0) is 30.7 Å². The lowest BCUT2D eigenvalue weighted by Crippen LogP contribution is -2.20. The van der Waals surface area contributed by atoms with Crippen molar-refractivity contribution in [2.45, 2.75) is 32.6 Å². The number of nitrogens with zero attached hydrogens (tertiary/aromatic N) is 1. The quantitative estimate of drug-likeness (QED) is 0.448. The van der Waals surface area contributed by atoms with Gasteiger partial charge in [0.1, 0.15) is 0 Å². The number of hydrogen-bond donors (Lipinski definition) is 0. The van der Waals surface area contributed by atoms with Crippen molar-refractivity contribution in [3.05, 3.63) is 38.9 Å². The van der Waals surface area contributed by atoms with Gasteiger partial charge in [-0.15, -0.1) is 11.6 Å². The molecule has 2 unspecified atom stereocenters. The summed E-state index contributed by atoms with van der Waals surface area (Å²) in [6, 6.07) is 4.60. The fraction of sp³-hybridized carbons (Fsp3) is 0.538. The molecule has 2 atom stereocenters. The molecule has 0 saturated carbocycles. The summed E-state index contributed by atoms with van der Waals surface area (Å²) in [5, 5.41) is 11.1. The van der Waals surface area contributed by atoms with Crippen molar-refractivity contribution in [3.8, 4) is 0 Å². The van der Waals surface area contributed by atoms with Gasteiger partial charge in [0.2, 0.25) is 0 Å². The predicted octanol–water partition coefficient (Wildman–Crippen LogP) is 4.69. The normalized spacial score (nSPS) is 14.6. The first-order valence-corrected chi connectivity index (χ1v) is 6.71. The number of benzene rings is 1. The van der Waals surface area contributed by atoms with Crippen LogP contribution in [0.5, 0.6) is 0 Å². The van der Waals surface area contributed by atoms with Crippen LogP contribution in [-0.4, -0.2) is 10.3 Å². The van der Waals surface area contributed by atoms with E-state index in [0.29, 0.717) is 16.9 Å². The number of rotatable bonds is 5. The molecule has 0 spiro atoms. The second-order valence-electron chi connectivity index (χ2n) is 4.82. The van der Waals surface area contributed by atoms with Gasteiger partial charge in [0.25, 0.3) is 5.69 Å². The highest BCUT2D eigenvalue weighted by atomic mass is 35.5. The smallest absolute Gasteiger partial charge is 0.258 e. The van der Waals surface area contributed by atoms with Gasteiger partial charge in [0, 0.05) is 17.5 Å². The third kappa shape index (κ3) is 3.85. The second kappa shape index (κ2) is 6.39. The highest BCUT2D eigenvalue weighted by Gasteiger charge is 2.21. The topological polar surface area (TPSA) is 43.1 Å². The number of non-ortho nitro benzene ring substituents is 1. The molecule has 1 rings (SSSR count). The Kier molecular flexibility index (Phi) is 5.42. The van der Waals surface area contributed by atoms with Gasteiger partial charge >= 0.3 is 0 Å². The number of nitro benzene ring substituents is 1. The van der Waals surface area contributed by atoms with Crippen molar-refractivity contribution in [3.63, 3.8) is 0 Å². The van der Waals surface area contributed by atoms with E-state index < -0.39 is 4.92 Å². The molecular weight excluding hydrogens is 273 g/mol. The van der Waals surface area contributed by atoms with Crippen LogP contribution in [0.1, 0.15) is 26.3 Å². The summed E-state index contributed by atoms with van der Waals surface area (Å²) in [6.45, 7) is 6.19. The van der Waals surface area contributed by atoms with Crippen LogP contribution in [0, 0.1) is 22.0 Å². The van der Waals surface area contributed by atoms with Gasteiger partial charge in [-0.2, -0.15) is 0 Å². The lowest BCUT2D eigenvalue weighted by atomic mass is 9.87. The molecule has 1 aromatic rings. The maximum absolute atomic E-state index is 10.6. The molecule has 0 N–H and O–H groups in total. The summed E-state index contributed by atoms with van der Waals surface area (Å²) >= 11 is 12.3. The first-order chi connectivity index (χ1) is 8.32. The molecular formula is C13H17Cl2NO2. The molecule has 100 valence electrons. The fourth-order valence-corrected chi connectivity index (χ4v) is 2.63. The minimum atomic E-state index is -0.445. The average molecular weight is 290 g/mol. The first-order valence-electron chi connectivity index (χ1n) is 5.89. The highest BCUT2D eigenvalue weighted by molar-refractivity contribution is 6.31. The van der Waals surface area contributed by atoms with E-state index >= 15 is 0 Å². The Balaban J connectivity index is 2.94. The van der Waals surface area contributed by atoms with E-state index in [1.807, 2.05) is 6.92 Å². The molecule has 5 heteroatoms. The number of halogens is 2. The minimum absolute atomic E-state index is 0.0174. The van der Waals surface area contributed by atoms with Gasteiger partial charge in [-0.1, -0.05) is 31.5 Å². The van der Waals surface area contributed by atoms with Crippen LogP contribution in [0.2, 0.25) is 5.02 Å². The lowest BCUT2D eigenvalue weighted by molar-refractivity contribution is -0.384. The Morgan fingerprint density at radius 3 is 2.33 bits per heavy atom. The molecule has 0 heterocycles. The van der Waals surface area contributed by atoms with Crippen molar-refractivity contribution in [1.29, 1.82) is 0 Å². The van der Waals surface area contributed by atoms with Crippen LogP contribution < -0.4 is 0 Å². The number of hydrogen-bond acceptors (Lipinski definition) is 2. The Morgan fingerprint density at radius 1 is 1.33 bits per heavy atom. The van der Waals surface area contributed by atoms with E-state index in [-0.39, 0.29) is 11.1 Å². The predicted molar refractivity (Wildman–Crippen MR) is 75.5 cm³/mol. The molecule has 0 saturated heterocycles. The Bertz CT molecular complexity index is 425. The van der Waals surface area contributed by atoms with E-state index in [1.165, 1.54) is 12.1 Å². The number of alkyl halides is 1. The van der Waals surface area contributed by atoms with Gasteiger partial charge in [-0.25, -0.2) is 0 Å². The lowest BCUT2D eigenvalue weighted by Gasteiger charge is -2.23. The summed E-state index contributed by atoms with van der Waals surface area (Å²) in [6.07, 6.45) is 0.735. The molecule has 0 aliphatic carbocycles. The summed E-state index contributed by atoms with van der Waals surface area (Å²) in [5.41, 5.74) is 0.928. The molecule has 0 bridgehead atoms. The zero-order valence-corrected chi connectivity index (χ0v) is 12.2. The van der Waals surface area contributed by atoms with E-state index in [4.69, 9.17) is 23.2 Å². The summed E-state index contributed by atoms with van der Waals surface area (Å²) in [7, 11) is 0. The summed E-state index contributed by atoms with van der Waals surface area (Å²) in [5.74, 6) is 0.731. The van der Waals surface area contributed by atoms with Crippen LogP contribution >= 0.6 is 23.2 Å². The van der Waals surface area contributed by atoms with Crippen molar-refractivity contribution in [1.82, 2.24) is 0 Å². The largest absolute Gasteiger partial charge is 0.270 e. The van der Waals surface area contributed by atoms with Crippen LogP contribution in [0.15, 0.2) is 18.2 Å². The minimum Gasteiger partial charge on any atom is -0.258 e. The Labute approximate surface area is 117 Å². The highest BCUT2D eigenvalue weighted by Crippen LogP contribution is 2.29. The third-order valence-electron chi connectivity index (χ3n) is 3.15.